The van der Waals surface area contributed by atoms with Gasteiger partial charge in [-0.05, 0) is 37.1 Å². The standard InChI is InChI=1S/C26H44N7O9P/c1-15-11-33(24(37)28-21(15)34)20-10-18(29-32-27)19(42-20)12-41-43(38,30-16(2)22(35)39-13-25(4,5)6)31-17(3)23(36)40-14-26(7,8)9/h11,16-20H,10,12-14H2,1-9H3,(H,28,34,37)(H2,30,31,38)/t16-,17-,18-,19+,20+/m0/s1. The number of nitrogens with one attached hydrogen (secondary N) is 3. The van der Waals surface area contributed by atoms with Gasteiger partial charge in [-0.15, -0.1) is 0 Å². The average molecular weight is 630 g/mol. The lowest BCUT2D eigenvalue weighted by atomic mass is 9.99. The number of hydrogen-bond donors (Lipinski definition) is 3. The van der Waals surface area contributed by atoms with Crippen LogP contribution >= 0.6 is 7.67 Å². The number of esters is 2. The third kappa shape index (κ3) is 11.5. The van der Waals surface area contributed by atoms with Crippen LogP contribution in [0.1, 0.15) is 73.6 Å². The lowest BCUT2D eigenvalue weighted by Crippen LogP contribution is -2.43. The number of rotatable bonds is 13. The van der Waals surface area contributed by atoms with Gasteiger partial charge in [0, 0.05) is 23.1 Å². The van der Waals surface area contributed by atoms with E-state index in [1.54, 1.807) is 0 Å². The van der Waals surface area contributed by atoms with Crippen LogP contribution in [0, 0.1) is 17.8 Å². The second-order valence-corrected chi connectivity index (χ2v) is 14.9. The molecule has 1 aliphatic heterocycles. The quantitative estimate of drug-likeness (QED) is 0.0947. The van der Waals surface area contributed by atoms with E-state index < -0.39 is 67.9 Å². The molecule has 43 heavy (non-hydrogen) atoms. The Morgan fingerprint density at radius 2 is 1.63 bits per heavy atom. The van der Waals surface area contributed by atoms with Crippen LogP contribution in [0.4, 0.5) is 0 Å². The van der Waals surface area contributed by atoms with Crippen LogP contribution in [0.3, 0.4) is 0 Å². The molecule has 16 nitrogen and oxygen atoms in total. The summed E-state index contributed by atoms with van der Waals surface area (Å²) in [6.07, 6.45) is -0.528. The molecule has 1 fully saturated rings. The van der Waals surface area contributed by atoms with Crippen LogP contribution in [-0.2, 0) is 32.9 Å². The first-order valence-corrected chi connectivity index (χ1v) is 15.5. The van der Waals surface area contributed by atoms with Gasteiger partial charge in [-0.2, -0.15) is 0 Å². The molecule has 5 atom stereocenters. The Balaban J connectivity index is 2.26. The number of carbonyl (C=O) groups excluding carboxylic acids is 2. The smallest absolute Gasteiger partial charge is 0.342 e. The maximum absolute atomic E-state index is 14.0. The van der Waals surface area contributed by atoms with Crippen LogP contribution in [0.2, 0.25) is 0 Å². The van der Waals surface area contributed by atoms with Gasteiger partial charge in [-0.25, -0.2) is 15.0 Å². The molecule has 2 heterocycles. The normalized spacial score (nSPS) is 20.6. The zero-order chi connectivity index (χ0) is 32.8. The summed E-state index contributed by atoms with van der Waals surface area (Å²) in [4.78, 5) is 54.6. The zero-order valence-corrected chi connectivity index (χ0v) is 27.1. The first-order valence-electron chi connectivity index (χ1n) is 13.9. The number of azide groups is 1. The number of H-pyrrole nitrogens is 1. The molecular weight excluding hydrogens is 585 g/mol. The summed E-state index contributed by atoms with van der Waals surface area (Å²) in [5.41, 5.74) is 7.48. The number of aromatic amines is 1. The molecule has 0 spiro atoms. The molecule has 17 heteroatoms. The van der Waals surface area contributed by atoms with Crippen molar-refractivity contribution in [2.45, 2.75) is 99.2 Å². The van der Waals surface area contributed by atoms with E-state index in [1.807, 2.05) is 41.5 Å². The lowest BCUT2D eigenvalue weighted by molar-refractivity contribution is -0.148. The average Bonchev–Trinajstić information content (AvgIpc) is 3.28. The Labute approximate surface area is 250 Å². The lowest BCUT2D eigenvalue weighted by Gasteiger charge is -2.28. The molecule has 3 N–H and O–H groups in total. The summed E-state index contributed by atoms with van der Waals surface area (Å²) >= 11 is 0. The van der Waals surface area contributed by atoms with E-state index in [-0.39, 0.29) is 36.0 Å². The fraction of sp³-hybridized carbons (Fsp3) is 0.769. The first kappa shape index (κ1) is 36.2. The molecule has 0 amide bonds. The van der Waals surface area contributed by atoms with Gasteiger partial charge in [-0.3, -0.25) is 28.5 Å². The van der Waals surface area contributed by atoms with Crippen LogP contribution in [0.25, 0.3) is 10.4 Å². The zero-order valence-electron chi connectivity index (χ0n) is 26.2. The molecule has 0 aromatic carbocycles. The van der Waals surface area contributed by atoms with Crippen molar-refractivity contribution >= 4 is 19.6 Å². The minimum atomic E-state index is -4.21. The third-order valence-corrected chi connectivity index (χ3v) is 7.98. The number of carbonyl (C=O) groups is 2. The van der Waals surface area contributed by atoms with Gasteiger partial charge in [0.25, 0.3) is 5.56 Å². The van der Waals surface area contributed by atoms with E-state index in [2.05, 4.69) is 25.2 Å². The van der Waals surface area contributed by atoms with Gasteiger partial charge in [-0.1, -0.05) is 46.7 Å². The number of aryl methyl sites for hydroxylation is 1. The molecule has 0 aliphatic carbocycles. The van der Waals surface area contributed by atoms with E-state index in [0.717, 1.165) is 4.57 Å². The molecule has 1 saturated heterocycles. The summed E-state index contributed by atoms with van der Waals surface area (Å²) in [6, 6.07) is -3.08. The Morgan fingerprint density at radius 1 is 1.12 bits per heavy atom. The van der Waals surface area contributed by atoms with Gasteiger partial charge in [0.1, 0.15) is 18.3 Å². The topological polar surface area (TPSA) is 216 Å². The van der Waals surface area contributed by atoms with E-state index in [4.69, 9.17) is 24.3 Å². The molecule has 0 radical (unpaired) electrons. The third-order valence-electron chi connectivity index (χ3n) is 6.01. The second kappa shape index (κ2) is 14.7. The minimum absolute atomic E-state index is 0.0553. The monoisotopic (exact) mass is 629 g/mol. The molecule has 0 unspecified atom stereocenters. The van der Waals surface area contributed by atoms with Gasteiger partial charge < -0.3 is 18.7 Å². The van der Waals surface area contributed by atoms with Gasteiger partial charge >= 0.3 is 25.3 Å². The number of hydrogen-bond acceptors (Lipinski definition) is 10. The highest BCUT2D eigenvalue weighted by molar-refractivity contribution is 7.54. The molecule has 1 aliphatic rings. The number of aromatic nitrogens is 2. The van der Waals surface area contributed by atoms with Crippen molar-refractivity contribution < 1.29 is 32.9 Å². The van der Waals surface area contributed by atoms with Crippen molar-refractivity contribution in [2.24, 2.45) is 15.9 Å². The highest BCUT2D eigenvalue weighted by atomic mass is 31.2. The molecule has 1 aromatic heterocycles. The van der Waals surface area contributed by atoms with Crippen molar-refractivity contribution in [1.82, 2.24) is 19.7 Å². The molecular formula is C26H44N7O9P. The number of nitrogens with zero attached hydrogens (tertiary/aromatic N) is 4. The van der Waals surface area contributed by atoms with Crippen molar-refractivity contribution in [2.75, 3.05) is 19.8 Å². The first-order chi connectivity index (χ1) is 19.7. The van der Waals surface area contributed by atoms with E-state index >= 15 is 0 Å². The van der Waals surface area contributed by atoms with Crippen LogP contribution < -0.4 is 21.4 Å². The van der Waals surface area contributed by atoms with E-state index in [0.29, 0.717) is 0 Å². The van der Waals surface area contributed by atoms with Gasteiger partial charge in [0.15, 0.2) is 0 Å². The highest BCUT2D eigenvalue weighted by Gasteiger charge is 2.40. The Kier molecular flexibility index (Phi) is 12.3. The molecule has 0 saturated carbocycles. The predicted molar refractivity (Wildman–Crippen MR) is 157 cm³/mol. The summed E-state index contributed by atoms with van der Waals surface area (Å²) in [5.74, 6) is -1.39. The summed E-state index contributed by atoms with van der Waals surface area (Å²) in [7, 11) is -4.21. The van der Waals surface area contributed by atoms with Crippen molar-refractivity contribution in [1.29, 1.82) is 0 Å². The predicted octanol–water partition coefficient (Wildman–Crippen LogP) is 3.07. The molecule has 0 bridgehead atoms. The molecule has 2 rings (SSSR count). The maximum atomic E-state index is 14.0. The van der Waals surface area contributed by atoms with E-state index in [9.17, 15) is 23.7 Å². The second-order valence-electron chi connectivity index (χ2n) is 13.0. The van der Waals surface area contributed by atoms with Gasteiger partial charge in [0.2, 0.25) is 0 Å². The summed E-state index contributed by atoms with van der Waals surface area (Å²) < 4.78 is 37.5. The Hall–Kier alpha value is -3.00. The van der Waals surface area contributed by atoms with Crippen molar-refractivity contribution in [3.8, 4) is 0 Å². The molecule has 242 valence electrons. The largest absolute Gasteiger partial charge is 0.464 e. The van der Waals surface area contributed by atoms with Crippen molar-refractivity contribution in [3.05, 3.63) is 43.0 Å². The summed E-state index contributed by atoms with van der Waals surface area (Å²) in [5, 5.41) is 8.95. The number of ether oxygens (including phenoxy) is 3. The minimum Gasteiger partial charge on any atom is -0.464 e. The highest BCUT2D eigenvalue weighted by Crippen LogP contribution is 2.41. The van der Waals surface area contributed by atoms with E-state index in [1.165, 1.54) is 27.0 Å². The fourth-order valence-electron chi connectivity index (χ4n) is 3.75. The Morgan fingerprint density at radius 3 is 2.09 bits per heavy atom. The Bertz CT molecular complexity index is 1320. The van der Waals surface area contributed by atoms with Crippen LogP contribution in [0.5, 0.6) is 0 Å². The summed E-state index contributed by atoms with van der Waals surface area (Å²) in [6.45, 7) is 15.5. The SMILES string of the molecule is Cc1cn([C@H]2C[C@H](N=[N+]=[N-])[C@@H](COP(=O)(N[C@@H](C)C(=O)OCC(C)(C)C)N[C@@H](C)C(=O)OCC(C)(C)C)O2)c(=O)[nH]c1=O. The van der Waals surface area contributed by atoms with Crippen molar-refractivity contribution in [3.63, 3.8) is 0 Å². The van der Waals surface area contributed by atoms with Crippen LogP contribution in [-0.4, -0.2) is 65.5 Å². The van der Waals surface area contributed by atoms with Gasteiger partial charge in [0.05, 0.1) is 32.0 Å². The maximum Gasteiger partial charge on any atom is 0.342 e. The fourth-order valence-corrected chi connectivity index (χ4v) is 5.57. The molecule has 1 aromatic rings. The van der Waals surface area contributed by atoms with Crippen LogP contribution in [0.15, 0.2) is 20.9 Å².